The Bertz CT molecular complexity index is 654. The van der Waals surface area contributed by atoms with E-state index in [1.807, 2.05) is 13.0 Å². The second-order valence-electron chi connectivity index (χ2n) is 9.32. The summed E-state index contributed by atoms with van der Waals surface area (Å²) in [7, 11) is 0. The SMILES string of the molecule is C#C[C@]1(O)[C@@H](O)C[C@H]2[C@@H]3CC=C4[C@@H](F)[C@@H](O)CC[C@]4(C)[C@H]3CC[C@@]21C. The molecule has 4 heteroatoms. The zero-order chi connectivity index (χ0) is 18.2. The van der Waals surface area contributed by atoms with Gasteiger partial charge in [0.1, 0.15) is 6.17 Å². The molecule has 0 radical (unpaired) electrons. The van der Waals surface area contributed by atoms with Gasteiger partial charge in [-0.1, -0.05) is 25.8 Å². The van der Waals surface area contributed by atoms with Crippen LogP contribution < -0.4 is 0 Å². The lowest BCUT2D eigenvalue weighted by Gasteiger charge is -2.58. The van der Waals surface area contributed by atoms with Gasteiger partial charge in [0.15, 0.2) is 5.60 Å². The fourth-order valence-corrected chi connectivity index (χ4v) is 6.96. The van der Waals surface area contributed by atoms with Gasteiger partial charge in [-0.15, -0.1) is 6.42 Å². The lowest BCUT2D eigenvalue weighted by atomic mass is 9.47. The van der Waals surface area contributed by atoms with Gasteiger partial charge in [-0.05, 0) is 67.3 Å². The minimum absolute atomic E-state index is 0.141. The molecule has 4 aliphatic rings. The van der Waals surface area contributed by atoms with Crippen molar-refractivity contribution < 1.29 is 19.7 Å². The Kier molecular flexibility index (Phi) is 3.72. The van der Waals surface area contributed by atoms with Gasteiger partial charge in [-0.25, -0.2) is 4.39 Å². The molecule has 3 N–H and O–H groups in total. The molecule has 4 aliphatic carbocycles. The van der Waals surface area contributed by atoms with E-state index >= 15 is 0 Å². The minimum Gasteiger partial charge on any atom is -0.390 e. The van der Waals surface area contributed by atoms with Crippen LogP contribution in [0.4, 0.5) is 4.39 Å². The summed E-state index contributed by atoms with van der Waals surface area (Å²) >= 11 is 0. The summed E-state index contributed by atoms with van der Waals surface area (Å²) in [5, 5.41) is 31.4. The summed E-state index contributed by atoms with van der Waals surface area (Å²) in [5.74, 6) is 3.26. The van der Waals surface area contributed by atoms with E-state index in [-0.39, 0.29) is 11.3 Å². The molecule has 138 valence electrons. The van der Waals surface area contributed by atoms with E-state index in [1.165, 1.54) is 0 Å². The van der Waals surface area contributed by atoms with Crippen molar-refractivity contribution in [2.24, 2.45) is 28.6 Å². The van der Waals surface area contributed by atoms with E-state index in [1.54, 1.807) is 0 Å². The van der Waals surface area contributed by atoms with Crippen LogP contribution in [-0.2, 0) is 0 Å². The van der Waals surface area contributed by atoms with Gasteiger partial charge in [0, 0.05) is 5.41 Å². The van der Waals surface area contributed by atoms with Crippen molar-refractivity contribution in [3.8, 4) is 12.3 Å². The molecular weight excluding hydrogens is 319 g/mol. The molecule has 0 aromatic heterocycles. The van der Waals surface area contributed by atoms with Gasteiger partial charge in [0.2, 0.25) is 0 Å². The lowest BCUT2D eigenvalue weighted by molar-refractivity contribution is -0.121. The third kappa shape index (κ3) is 1.98. The molecule has 0 saturated heterocycles. The molecular formula is C21H29FO3. The molecule has 9 atom stereocenters. The molecule has 4 rings (SSSR count). The fraction of sp³-hybridized carbons (Fsp3) is 0.810. The van der Waals surface area contributed by atoms with E-state index in [4.69, 9.17) is 6.42 Å². The highest BCUT2D eigenvalue weighted by Gasteiger charge is 2.67. The van der Waals surface area contributed by atoms with E-state index in [2.05, 4.69) is 12.8 Å². The quantitative estimate of drug-likeness (QED) is 0.466. The highest BCUT2D eigenvalue weighted by atomic mass is 19.1. The van der Waals surface area contributed by atoms with E-state index < -0.39 is 29.4 Å². The predicted octanol–water partition coefficient (Wildman–Crippen LogP) is 2.59. The minimum atomic E-state index is -1.47. The van der Waals surface area contributed by atoms with Gasteiger partial charge >= 0.3 is 0 Å². The first-order valence-electron chi connectivity index (χ1n) is 9.60. The summed E-state index contributed by atoms with van der Waals surface area (Å²) in [5.41, 5.74) is -1.42. The molecule has 0 heterocycles. The molecule has 0 bridgehead atoms. The zero-order valence-corrected chi connectivity index (χ0v) is 15.1. The molecule has 0 amide bonds. The van der Waals surface area contributed by atoms with Crippen molar-refractivity contribution in [3.63, 3.8) is 0 Å². The van der Waals surface area contributed by atoms with Crippen LogP contribution in [0.1, 0.15) is 52.4 Å². The van der Waals surface area contributed by atoms with E-state index in [0.29, 0.717) is 24.7 Å². The highest BCUT2D eigenvalue weighted by Crippen LogP contribution is 2.67. The summed E-state index contributed by atoms with van der Waals surface area (Å²) in [6, 6.07) is 0. The van der Waals surface area contributed by atoms with Crippen LogP contribution >= 0.6 is 0 Å². The van der Waals surface area contributed by atoms with Crippen molar-refractivity contribution in [2.75, 3.05) is 0 Å². The molecule has 0 spiro atoms. The molecule has 0 aromatic carbocycles. The smallest absolute Gasteiger partial charge is 0.156 e. The number of hydrogen-bond donors (Lipinski definition) is 3. The molecule has 3 nitrogen and oxygen atoms in total. The summed E-state index contributed by atoms with van der Waals surface area (Å²) in [4.78, 5) is 0. The highest BCUT2D eigenvalue weighted by molar-refractivity contribution is 5.32. The first-order valence-corrected chi connectivity index (χ1v) is 9.60. The van der Waals surface area contributed by atoms with Gasteiger partial charge in [-0.3, -0.25) is 0 Å². The Morgan fingerprint density at radius 1 is 1.20 bits per heavy atom. The Morgan fingerprint density at radius 3 is 2.60 bits per heavy atom. The van der Waals surface area contributed by atoms with Crippen molar-refractivity contribution in [2.45, 2.75) is 76.4 Å². The van der Waals surface area contributed by atoms with Crippen LogP contribution in [0.25, 0.3) is 0 Å². The van der Waals surface area contributed by atoms with E-state index in [0.717, 1.165) is 31.3 Å². The van der Waals surface area contributed by atoms with Gasteiger partial charge in [0.05, 0.1) is 12.2 Å². The number of allylic oxidation sites excluding steroid dienone is 1. The second-order valence-corrected chi connectivity index (χ2v) is 9.32. The summed E-state index contributed by atoms with van der Waals surface area (Å²) < 4.78 is 14.7. The Balaban J connectivity index is 1.73. The number of aliphatic hydroxyl groups is 3. The Labute approximate surface area is 149 Å². The van der Waals surface area contributed by atoms with Crippen molar-refractivity contribution in [3.05, 3.63) is 11.6 Å². The monoisotopic (exact) mass is 348 g/mol. The summed E-state index contributed by atoms with van der Waals surface area (Å²) in [6.07, 6.45) is 8.78. The largest absolute Gasteiger partial charge is 0.390 e. The van der Waals surface area contributed by atoms with Crippen LogP contribution in [0.3, 0.4) is 0 Å². The first kappa shape index (κ1) is 17.5. The van der Waals surface area contributed by atoms with E-state index in [9.17, 15) is 19.7 Å². The third-order valence-corrected chi connectivity index (χ3v) is 8.56. The van der Waals surface area contributed by atoms with Crippen molar-refractivity contribution in [1.82, 2.24) is 0 Å². The van der Waals surface area contributed by atoms with Crippen LogP contribution in [-0.4, -0.2) is 39.3 Å². The Morgan fingerprint density at radius 2 is 1.92 bits per heavy atom. The molecule has 25 heavy (non-hydrogen) atoms. The Hall–Kier alpha value is -0.890. The van der Waals surface area contributed by atoms with Gasteiger partial charge in [-0.2, -0.15) is 0 Å². The number of aliphatic hydroxyl groups excluding tert-OH is 2. The third-order valence-electron chi connectivity index (χ3n) is 8.56. The van der Waals surface area contributed by atoms with Gasteiger partial charge < -0.3 is 15.3 Å². The lowest BCUT2D eigenvalue weighted by Crippen LogP contribution is -2.56. The van der Waals surface area contributed by atoms with Crippen LogP contribution in [0.5, 0.6) is 0 Å². The number of rotatable bonds is 0. The standard InChI is InChI=1S/C21H29FO3/c1-4-21(25)17(24)11-15-12-5-6-14-18(22)16(23)8-9-19(14,2)13(12)7-10-20(15,21)3/h1,6,12-13,15-18,23-25H,5,7-11H2,2-3H3/t12-,13+,15+,16+,17+,18-,19-,20+,21+/m1/s1. The fourth-order valence-electron chi connectivity index (χ4n) is 6.96. The predicted molar refractivity (Wildman–Crippen MR) is 93.2 cm³/mol. The summed E-state index contributed by atoms with van der Waals surface area (Å²) in [6.45, 7) is 4.17. The van der Waals surface area contributed by atoms with Gasteiger partial charge in [0.25, 0.3) is 0 Å². The van der Waals surface area contributed by atoms with Crippen molar-refractivity contribution >= 4 is 0 Å². The zero-order valence-electron chi connectivity index (χ0n) is 15.1. The second kappa shape index (κ2) is 5.31. The molecule has 3 saturated carbocycles. The number of halogens is 1. The van der Waals surface area contributed by atoms with Crippen LogP contribution in [0.2, 0.25) is 0 Å². The topological polar surface area (TPSA) is 60.7 Å². The number of fused-ring (bicyclic) bond motifs is 5. The maximum absolute atomic E-state index is 14.7. The van der Waals surface area contributed by atoms with Crippen LogP contribution in [0.15, 0.2) is 11.6 Å². The first-order chi connectivity index (χ1) is 11.7. The number of hydrogen-bond acceptors (Lipinski definition) is 3. The maximum atomic E-state index is 14.7. The average molecular weight is 348 g/mol. The average Bonchev–Trinajstić information content (AvgIpc) is 2.79. The molecule has 0 unspecified atom stereocenters. The molecule has 3 fully saturated rings. The molecule has 0 aromatic rings. The number of terminal acetylenes is 1. The maximum Gasteiger partial charge on any atom is 0.156 e. The normalized spacial score (nSPS) is 57.7. The molecule has 0 aliphatic heterocycles. The number of alkyl halides is 1. The van der Waals surface area contributed by atoms with Crippen LogP contribution in [0, 0.1) is 40.9 Å². The van der Waals surface area contributed by atoms with Crippen molar-refractivity contribution in [1.29, 1.82) is 0 Å².